The molecule has 0 bridgehead atoms. The predicted octanol–water partition coefficient (Wildman–Crippen LogP) is 0.578. The zero-order chi connectivity index (χ0) is 8.55. The molecule has 1 aromatic heterocycles. The minimum Gasteiger partial charge on any atom is -0.388 e. The smallest absolute Gasteiger partial charge is 0.103 e. The van der Waals surface area contributed by atoms with Crippen molar-refractivity contribution in [3.05, 3.63) is 16.9 Å². The van der Waals surface area contributed by atoms with E-state index in [1.807, 2.05) is 6.20 Å². The van der Waals surface area contributed by atoms with Crippen LogP contribution in [0.3, 0.4) is 0 Å². The van der Waals surface area contributed by atoms with Crippen LogP contribution < -0.4 is 0 Å². The Morgan fingerprint density at radius 3 is 3.00 bits per heavy atom. The molecule has 1 aliphatic heterocycles. The molecule has 0 aliphatic carbocycles. The maximum absolute atomic E-state index is 9.45. The molecule has 12 heavy (non-hydrogen) atoms. The average Bonchev–Trinajstić information content (AvgIpc) is 2.58. The van der Waals surface area contributed by atoms with Gasteiger partial charge in [-0.3, -0.25) is 4.68 Å². The van der Waals surface area contributed by atoms with Crippen molar-refractivity contribution >= 4 is 15.9 Å². The first-order valence-electron chi connectivity index (χ1n) is 3.73. The largest absolute Gasteiger partial charge is 0.388 e. The van der Waals surface area contributed by atoms with Crippen LogP contribution in [-0.2, 0) is 4.74 Å². The number of aromatic nitrogens is 2. The summed E-state index contributed by atoms with van der Waals surface area (Å²) in [5.74, 6) is 0. The molecule has 2 atom stereocenters. The summed E-state index contributed by atoms with van der Waals surface area (Å²) in [5.41, 5.74) is 0. The number of hydrogen-bond donors (Lipinski definition) is 1. The van der Waals surface area contributed by atoms with E-state index in [1.54, 1.807) is 10.9 Å². The summed E-state index contributed by atoms with van der Waals surface area (Å²) in [6, 6.07) is -0.0312. The molecule has 66 valence electrons. The molecule has 1 N–H and O–H groups in total. The van der Waals surface area contributed by atoms with Crippen LogP contribution in [0, 0.1) is 0 Å². The summed E-state index contributed by atoms with van der Waals surface area (Å²) in [6.07, 6.45) is 3.10. The maximum Gasteiger partial charge on any atom is 0.103 e. The van der Waals surface area contributed by atoms with Crippen molar-refractivity contribution in [3.63, 3.8) is 0 Å². The lowest BCUT2D eigenvalue weighted by atomic mass is 10.2. The normalized spacial score (nSPS) is 29.5. The Balaban J connectivity index is 2.19. The number of rotatable bonds is 1. The molecule has 1 aliphatic rings. The van der Waals surface area contributed by atoms with Gasteiger partial charge in [0.1, 0.15) is 12.1 Å². The van der Waals surface area contributed by atoms with Gasteiger partial charge >= 0.3 is 0 Å². The Morgan fingerprint density at radius 2 is 2.50 bits per heavy atom. The molecule has 0 spiro atoms. The third-order valence-corrected chi connectivity index (χ3v) is 2.34. The molecular weight excluding hydrogens is 224 g/mol. The van der Waals surface area contributed by atoms with Crippen molar-refractivity contribution in [3.8, 4) is 0 Å². The first kappa shape index (κ1) is 8.22. The maximum atomic E-state index is 9.45. The van der Waals surface area contributed by atoms with Crippen LogP contribution in [0.5, 0.6) is 0 Å². The molecule has 5 heteroatoms. The third kappa shape index (κ3) is 1.39. The van der Waals surface area contributed by atoms with Crippen LogP contribution in [0.2, 0.25) is 0 Å². The van der Waals surface area contributed by atoms with Crippen LogP contribution in [0.25, 0.3) is 0 Å². The summed E-state index contributed by atoms with van der Waals surface area (Å²) in [6.45, 7) is 0.942. The highest BCUT2D eigenvalue weighted by atomic mass is 79.9. The van der Waals surface area contributed by atoms with Gasteiger partial charge in [-0.2, -0.15) is 5.10 Å². The fourth-order valence-electron chi connectivity index (χ4n) is 1.28. The summed E-state index contributed by atoms with van der Waals surface area (Å²) in [5, 5.41) is 13.5. The van der Waals surface area contributed by atoms with Gasteiger partial charge in [0.2, 0.25) is 0 Å². The van der Waals surface area contributed by atoms with Gasteiger partial charge in [0.15, 0.2) is 0 Å². The summed E-state index contributed by atoms with van der Waals surface area (Å²) < 4.78 is 7.75. The van der Waals surface area contributed by atoms with Crippen molar-refractivity contribution in [1.82, 2.24) is 9.78 Å². The second-order valence-corrected chi connectivity index (χ2v) is 3.73. The SMILES string of the molecule is O[C@@H]1COCC1n1cc(Br)cn1. The van der Waals surface area contributed by atoms with Gasteiger partial charge in [0, 0.05) is 6.20 Å². The zero-order valence-electron chi connectivity index (χ0n) is 6.35. The lowest BCUT2D eigenvalue weighted by Crippen LogP contribution is -2.22. The predicted molar refractivity (Wildman–Crippen MR) is 45.8 cm³/mol. The number of aliphatic hydroxyl groups excluding tert-OH is 1. The van der Waals surface area contributed by atoms with Gasteiger partial charge in [0.25, 0.3) is 0 Å². The van der Waals surface area contributed by atoms with E-state index >= 15 is 0 Å². The fourth-order valence-corrected chi connectivity index (χ4v) is 1.58. The molecule has 1 unspecified atom stereocenters. The van der Waals surface area contributed by atoms with Gasteiger partial charge in [0.05, 0.1) is 23.9 Å². The van der Waals surface area contributed by atoms with Crippen LogP contribution >= 0.6 is 15.9 Å². The Labute approximate surface area is 78.3 Å². The second kappa shape index (κ2) is 3.16. The summed E-state index contributed by atoms with van der Waals surface area (Å²) in [7, 11) is 0. The van der Waals surface area contributed by atoms with Crippen molar-refractivity contribution in [2.24, 2.45) is 0 Å². The quantitative estimate of drug-likeness (QED) is 0.771. The van der Waals surface area contributed by atoms with Crippen LogP contribution in [0.4, 0.5) is 0 Å². The highest BCUT2D eigenvalue weighted by molar-refractivity contribution is 9.10. The molecular formula is C7H9BrN2O2. The first-order valence-corrected chi connectivity index (χ1v) is 4.52. The third-order valence-electron chi connectivity index (χ3n) is 1.93. The van der Waals surface area contributed by atoms with E-state index < -0.39 is 6.10 Å². The lowest BCUT2D eigenvalue weighted by molar-refractivity contribution is 0.118. The number of aliphatic hydroxyl groups is 1. The molecule has 1 fully saturated rings. The minimum atomic E-state index is -0.434. The number of nitrogens with zero attached hydrogens (tertiary/aromatic N) is 2. The zero-order valence-corrected chi connectivity index (χ0v) is 7.94. The molecule has 2 heterocycles. The molecule has 0 amide bonds. The van der Waals surface area contributed by atoms with Gasteiger partial charge in [-0.05, 0) is 15.9 Å². The number of ether oxygens (including phenoxy) is 1. The van der Waals surface area contributed by atoms with Gasteiger partial charge < -0.3 is 9.84 Å². The summed E-state index contributed by atoms with van der Waals surface area (Å²) in [4.78, 5) is 0. The highest BCUT2D eigenvalue weighted by Gasteiger charge is 2.28. The van der Waals surface area contributed by atoms with Crippen LogP contribution in [0.15, 0.2) is 16.9 Å². The van der Waals surface area contributed by atoms with Crippen LogP contribution in [-0.4, -0.2) is 34.2 Å². The Hall–Kier alpha value is -0.390. The van der Waals surface area contributed by atoms with E-state index in [4.69, 9.17) is 4.74 Å². The monoisotopic (exact) mass is 232 g/mol. The minimum absolute atomic E-state index is 0.0312. The summed E-state index contributed by atoms with van der Waals surface area (Å²) >= 11 is 3.29. The fraction of sp³-hybridized carbons (Fsp3) is 0.571. The van der Waals surface area contributed by atoms with Crippen molar-refractivity contribution < 1.29 is 9.84 Å². The Morgan fingerprint density at radius 1 is 1.67 bits per heavy atom. The van der Waals surface area contributed by atoms with E-state index in [1.165, 1.54) is 0 Å². The first-order chi connectivity index (χ1) is 5.77. The Bertz CT molecular complexity index is 276. The molecule has 2 rings (SSSR count). The van der Waals surface area contributed by atoms with Gasteiger partial charge in [-0.15, -0.1) is 0 Å². The molecule has 0 aromatic carbocycles. The van der Waals surface area contributed by atoms with Crippen LogP contribution in [0.1, 0.15) is 6.04 Å². The average molecular weight is 233 g/mol. The second-order valence-electron chi connectivity index (χ2n) is 2.81. The van der Waals surface area contributed by atoms with Crippen molar-refractivity contribution in [2.75, 3.05) is 13.2 Å². The highest BCUT2D eigenvalue weighted by Crippen LogP contribution is 2.20. The molecule has 0 radical (unpaired) electrons. The van der Waals surface area contributed by atoms with Crippen molar-refractivity contribution in [1.29, 1.82) is 0 Å². The molecule has 0 saturated carbocycles. The Kier molecular flexibility index (Phi) is 2.16. The molecule has 4 nitrogen and oxygen atoms in total. The topological polar surface area (TPSA) is 47.3 Å². The van der Waals surface area contributed by atoms with E-state index in [9.17, 15) is 5.11 Å². The standard InChI is InChI=1S/C7H9BrN2O2/c8-5-1-9-10(2-5)6-3-12-4-7(6)11/h1-2,6-7,11H,3-4H2/t6?,7-/m1/s1. The van der Waals surface area contributed by atoms with Gasteiger partial charge in [-0.1, -0.05) is 0 Å². The number of halogens is 1. The number of hydrogen-bond acceptors (Lipinski definition) is 3. The van der Waals surface area contributed by atoms with E-state index in [2.05, 4.69) is 21.0 Å². The molecule has 1 aromatic rings. The molecule has 1 saturated heterocycles. The lowest BCUT2D eigenvalue weighted by Gasteiger charge is -2.11. The van der Waals surface area contributed by atoms with E-state index in [0.717, 1.165) is 4.47 Å². The van der Waals surface area contributed by atoms with Crippen molar-refractivity contribution in [2.45, 2.75) is 12.1 Å². The van der Waals surface area contributed by atoms with E-state index in [0.29, 0.717) is 13.2 Å². The van der Waals surface area contributed by atoms with Gasteiger partial charge in [-0.25, -0.2) is 0 Å². The van der Waals surface area contributed by atoms with E-state index in [-0.39, 0.29) is 6.04 Å².